The molecular formula is C22H19N3OS. The number of hydrogen-bond acceptors (Lipinski definition) is 4. The van der Waals surface area contributed by atoms with E-state index < -0.39 is 0 Å². The number of aromatic nitrogens is 2. The van der Waals surface area contributed by atoms with Crippen LogP contribution in [0.15, 0.2) is 64.8 Å². The van der Waals surface area contributed by atoms with Gasteiger partial charge in [-0.05, 0) is 30.5 Å². The largest absolute Gasteiger partial charge is 0.361 e. The van der Waals surface area contributed by atoms with Crippen LogP contribution in [0.25, 0.3) is 21.3 Å². The lowest BCUT2D eigenvalue weighted by molar-refractivity contribution is 0.655. The van der Waals surface area contributed by atoms with Gasteiger partial charge in [-0.3, -0.25) is 4.79 Å². The van der Waals surface area contributed by atoms with Gasteiger partial charge in [0.05, 0.1) is 11.9 Å². The first-order valence-electron chi connectivity index (χ1n) is 9.11. The molecular weight excluding hydrogens is 354 g/mol. The molecule has 0 fully saturated rings. The van der Waals surface area contributed by atoms with Crippen LogP contribution in [0.1, 0.15) is 18.3 Å². The van der Waals surface area contributed by atoms with Gasteiger partial charge in [0.2, 0.25) is 0 Å². The van der Waals surface area contributed by atoms with Crippen LogP contribution < -0.4 is 10.5 Å². The molecule has 0 radical (unpaired) electrons. The monoisotopic (exact) mass is 373 g/mol. The summed E-state index contributed by atoms with van der Waals surface area (Å²) >= 11 is 1.53. The average Bonchev–Trinajstić information content (AvgIpc) is 3.24. The van der Waals surface area contributed by atoms with E-state index in [2.05, 4.69) is 41.1 Å². The molecule has 1 N–H and O–H groups in total. The smallest absolute Gasteiger partial charge is 0.260 e. The van der Waals surface area contributed by atoms with E-state index in [0.29, 0.717) is 18.0 Å². The van der Waals surface area contributed by atoms with Gasteiger partial charge in [-0.25, -0.2) is 4.98 Å². The molecule has 3 heterocycles. The van der Waals surface area contributed by atoms with Gasteiger partial charge in [0.1, 0.15) is 10.7 Å². The van der Waals surface area contributed by atoms with Crippen LogP contribution in [0.4, 0.5) is 5.69 Å². The van der Waals surface area contributed by atoms with Gasteiger partial charge in [-0.2, -0.15) is 0 Å². The molecule has 1 unspecified atom stereocenters. The first kappa shape index (κ1) is 16.3. The summed E-state index contributed by atoms with van der Waals surface area (Å²) in [4.78, 5) is 23.8. The molecule has 0 bridgehead atoms. The number of benzene rings is 2. The quantitative estimate of drug-likeness (QED) is 0.571. The minimum atomic E-state index is -0.0600. The second-order valence-corrected chi connectivity index (χ2v) is 7.88. The zero-order valence-electron chi connectivity index (χ0n) is 15.0. The first-order valence-corrected chi connectivity index (χ1v) is 9.99. The van der Waals surface area contributed by atoms with E-state index in [1.54, 1.807) is 0 Å². The van der Waals surface area contributed by atoms with Crippen LogP contribution in [-0.4, -0.2) is 16.0 Å². The first-order chi connectivity index (χ1) is 13.2. The highest BCUT2D eigenvalue weighted by Crippen LogP contribution is 2.34. The molecule has 1 aliphatic heterocycles. The van der Waals surface area contributed by atoms with Crippen LogP contribution in [0, 0.1) is 0 Å². The van der Waals surface area contributed by atoms with Crippen molar-refractivity contribution in [2.75, 3.05) is 4.90 Å². The van der Waals surface area contributed by atoms with E-state index in [1.165, 1.54) is 22.6 Å². The summed E-state index contributed by atoms with van der Waals surface area (Å²) in [6.45, 7) is 2.83. The zero-order valence-corrected chi connectivity index (χ0v) is 15.8. The maximum atomic E-state index is 12.8. The highest BCUT2D eigenvalue weighted by atomic mass is 32.1. The molecule has 5 rings (SSSR count). The standard InChI is InChI=1S/C22H19N3OS/c1-14-11-16-9-5-6-10-18(16)25(14)12-19-23-21(26)20-17(13-27-22(20)24-19)15-7-3-2-4-8-15/h2-10,13-14H,11-12H2,1H3,(H,23,24,26). The van der Waals surface area contributed by atoms with Crippen molar-refractivity contribution in [3.63, 3.8) is 0 Å². The number of H-pyrrole nitrogens is 1. The second kappa shape index (κ2) is 6.35. The molecule has 0 spiro atoms. The Kier molecular flexibility index (Phi) is 3.83. The number of fused-ring (bicyclic) bond motifs is 2. The lowest BCUT2D eigenvalue weighted by atomic mass is 10.1. The van der Waals surface area contributed by atoms with Crippen molar-refractivity contribution in [3.05, 3.63) is 81.7 Å². The molecule has 134 valence electrons. The summed E-state index contributed by atoms with van der Waals surface area (Å²) < 4.78 is 0. The van der Waals surface area contributed by atoms with Crippen molar-refractivity contribution in [2.45, 2.75) is 25.9 Å². The fourth-order valence-corrected chi connectivity index (χ4v) is 4.90. The molecule has 4 aromatic rings. The van der Waals surface area contributed by atoms with Crippen LogP contribution >= 0.6 is 11.3 Å². The molecule has 4 nitrogen and oxygen atoms in total. The molecule has 0 amide bonds. The maximum Gasteiger partial charge on any atom is 0.260 e. The number of hydrogen-bond donors (Lipinski definition) is 1. The van der Waals surface area contributed by atoms with Gasteiger partial charge in [0.15, 0.2) is 0 Å². The van der Waals surface area contributed by atoms with Gasteiger partial charge >= 0.3 is 0 Å². The highest BCUT2D eigenvalue weighted by Gasteiger charge is 2.26. The predicted octanol–water partition coefficient (Wildman–Crippen LogP) is 4.60. The van der Waals surface area contributed by atoms with E-state index in [0.717, 1.165) is 28.2 Å². The number of para-hydroxylation sites is 1. The Hall–Kier alpha value is -2.92. The fourth-order valence-electron chi connectivity index (χ4n) is 3.93. The van der Waals surface area contributed by atoms with Crippen molar-refractivity contribution in [1.29, 1.82) is 0 Å². The minimum Gasteiger partial charge on any atom is -0.361 e. The summed E-state index contributed by atoms with van der Waals surface area (Å²) in [7, 11) is 0. The Labute approximate surface area is 161 Å². The normalized spacial score (nSPS) is 16.0. The summed E-state index contributed by atoms with van der Waals surface area (Å²) in [6, 6.07) is 18.9. The number of nitrogens with zero attached hydrogens (tertiary/aromatic N) is 2. The topological polar surface area (TPSA) is 49.0 Å². The lowest BCUT2D eigenvalue weighted by Crippen LogP contribution is -2.30. The third-order valence-electron chi connectivity index (χ3n) is 5.25. The Morgan fingerprint density at radius 2 is 1.93 bits per heavy atom. The van der Waals surface area contributed by atoms with Crippen molar-refractivity contribution in [2.24, 2.45) is 0 Å². The van der Waals surface area contributed by atoms with Gasteiger partial charge in [-0.15, -0.1) is 11.3 Å². The fraction of sp³-hybridized carbons (Fsp3) is 0.182. The van der Waals surface area contributed by atoms with Gasteiger partial charge < -0.3 is 9.88 Å². The molecule has 0 aliphatic carbocycles. The van der Waals surface area contributed by atoms with E-state index in [4.69, 9.17) is 4.98 Å². The van der Waals surface area contributed by atoms with Crippen LogP contribution in [-0.2, 0) is 13.0 Å². The third-order valence-corrected chi connectivity index (χ3v) is 6.12. The number of aromatic amines is 1. The predicted molar refractivity (Wildman–Crippen MR) is 111 cm³/mol. The van der Waals surface area contributed by atoms with Crippen LogP contribution in [0.3, 0.4) is 0 Å². The van der Waals surface area contributed by atoms with Gasteiger partial charge in [0, 0.05) is 22.7 Å². The molecule has 5 heteroatoms. The molecule has 1 aliphatic rings. The Balaban J connectivity index is 1.54. The molecule has 2 aromatic heterocycles. The van der Waals surface area contributed by atoms with Gasteiger partial charge in [0.25, 0.3) is 5.56 Å². The Bertz CT molecular complexity index is 1180. The van der Waals surface area contributed by atoms with Crippen LogP contribution in [0.5, 0.6) is 0 Å². The lowest BCUT2D eigenvalue weighted by Gasteiger charge is -2.24. The number of nitrogens with one attached hydrogen (secondary N) is 1. The minimum absolute atomic E-state index is 0.0600. The SMILES string of the molecule is CC1Cc2ccccc2N1Cc1nc2scc(-c3ccccc3)c2c(=O)[nH]1. The van der Waals surface area contributed by atoms with E-state index in [1.807, 2.05) is 35.7 Å². The van der Waals surface area contributed by atoms with E-state index in [9.17, 15) is 4.79 Å². The summed E-state index contributed by atoms with van der Waals surface area (Å²) in [5.41, 5.74) is 4.54. The Morgan fingerprint density at radius 1 is 1.15 bits per heavy atom. The Morgan fingerprint density at radius 3 is 2.78 bits per heavy atom. The summed E-state index contributed by atoms with van der Waals surface area (Å²) in [5.74, 6) is 0.720. The van der Waals surface area contributed by atoms with Gasteiger partial charge in [-0.1, -0.05) is 48.5 Å². The number of anilines is 1. The number of thiophene rings is 1. The van der Waals surface area contributed by atoms with Crippen molar-refractivity contribution in [3.8, 4) is 11.1 Å². The summed E-state index contributed by atoms with van der Waals surface area (Å²) in [5, 5.41) is 2.71. The highest BCUT2D eigenvalue weighted by molar-refractivity contribution is 7.17. The van der Waals surface area contributed by atoms with Crippen LogP contribution in [0.2, 0.25) is 0 Å². The maximum absolute atomic E-state index is 12.8. The molecule has 2 aromatic carbocycles. The average molecular weight is 373 g/mol. The molecule has 27 heavy (non-hydrogen) atoms. The molecule has 0 saturated carbocycles. The zero-order chi connectivity index (χ0) is 18.4. The van der Waals surface area contributed by atoms with Crippen molar-refractivity contribution < 1.29 is 0 Å². The third kappa shape index (κ3) is 2.75. The molecule has 0 saturated heterocycles. The van der Waals surface area contributed by atoms with E-state index in [-0.39, 0.29) is 5.56 Å². The number of rotatable bonds is 3. The second-order valence-electron chi connectivity index (χ2n) is 7.02. The van der Waals surface area contributed by atoms with Crippen molar-refractivity contribution >= 4 is 27.2 Å². The molecule has 1 atom stereocenters. The van der Waals surface area contributed by atoms with E-state index >= 15 is 0 Å². The summed E-state index contributed by atoms with van der Waals surface area (Å²) in [6.07, 6.45) is 1.03. The van der Waals surface area contributed by atoms with Crippen molar-refractivity contribution in [1.82, 2.24) is 9.97 Å².